The van der Waals surface area contributed by atoms with Crippen LogP contribution >= 0.6 is 0 Å². The molecule has 0 aliphatic carbocycles. The van der Waals surface area contributed by atoms with Crippen LogP contribution in [0.25, 0.3) is 0 Å². The van der Waals surface area contributed by atoms with Gasteiger partial charge in [0.05, 0.1) is 6.10 Å². The van der Waals surface area contributed by atoms with E-state index in [1.54, 1.807) is 0 Å². The van der Waals surface area contributed by atoms with Gasteiger partial charge in [0.25, 0.3) is 0 Å². The van der Waals surface area contributed by atoms with Crippen molar-refractivity contribution in [3.63, 3.8) is 0 Å². The lowest BCUT2D eigenvalue weighted by molar-refractivity contribution is 0.148. The van der Waals surface area contributed by atoms with Crippen molar-refractivity contribution in [2.45, 2.75) is 46.6 Å². The molecule has 0 radical (unpaired) electrons. The van der Waals surface area contributed by atoms with Crippen molar-refractivity contribution in [2.24, 2.45) is 5.41 Å². The molecular weight excluding hydrogens is 184 g/mol. The summed E-state index contributed by atoms with van der Waals surface area (Å²) in [4.78, 5) is 0. The normalized spacial score (nSPS) is 13.6. The molecule has 84 valence electrons. The zero-order chi connectivity index (χ0) is 11.3. The van der Waals surface area contributed by atoms with E-state index in [0.29, 0.717) is 5.41 Å². The Hall–Kier alpha value is -0.980. The van der Waals surface area contributed by atoms with Gasteiger partial charge in [-0.15, -0.1) is 0 Å². The first-order chi connectivity index (χ1) is 7.03. The summed E-state index contributed by atoms with van der Waals surface area (Å²) in [6, 6.07) is 10.0. The number of benzene rings is 1. The molecule has 0 heterocycles. The van der Waals surface area contributed by atoms with Crippen molar-refractivity contribution in [1.29, 1.82) is 0 Å². The highest BCUT2D eigenvalue weighted by Gasteiger charge is 2.19. The van der Waals surface area contributed by atoms with Gasteiger partial charge in [0.2, 0.25) is 0 Å². The summed E-state index contributed by atoms with van der Waals surface area (Å²) in [6.07, 6.45) is 2.57. The number of rotatable bonds is 5. The van der Waals surface area contributed by atoms with E-state index in [4.69, 9.17) is 4.74 Å². The van der Waals surface area contributed by atoms with Gasteiger partial charge in [-0.25, -0.2) is 0 Å². The Morgan fingerprint density at radius 3 is 2.33 bits per heavy atom. The third-order valence-corrected chi connectivity index (χ3v) is 2.88. The molecule has 0 aliphatic heterocycles. The van der Waals surface area contributed by atoms with Crippen molar-refractivity contribution in [2.75, 3.05) is 0 Å². The van der Waals surface area contributed by atoms with Crippen LogP contribution in [0.3, 0.4) is 0 Å². The number of hydrogen-bond donors (Lipinski definition) is 0. The quantitative estimate of drug-likeness (QED) is 0.698. The molecule has 0 fully saturated rings. The molecule has 0 amide bonds. The molecule has 0 N–H and O–H groups in total. The molecule has 0 aliphatic rings. The predicted molar refractivity (Wildman–Crippen MR) is 65.2 cm³/mol. The average Bonchev–Trinajstić information content (AvgIpc) is 2.18. The van der Waals surface area contributed by atoms with Crippen LogP contribution in [0.5, 0.6) is 5.75 Å². The third-order valence-electron chi connectivity index (χ3n) is 2.88. The summed E-state index contributed by atoms with van der Waals surface area (Å²) < 4.78 is 5.85. The Labute approximate surface area is 93.5 Å². The average molecular weight is 206 g/mol. The van der Waals surface area contributed by atoms with Crippen LogP contribution in [-0.2, 0) is 0 Å². The molecule has 1 aromatic rings. The Morgan fingerprint density at radius 1 is 1.20 bits per heavy atom. The van der Waals surface area contributed by atoms with E-state index in [1.807, 2.05) is 30.3 Å². The molecule has 0 saturated heterocycles. The molecule has 15 heavy (non-hydrogen) atoms. The largest absolute Gasteiger partial charge is 0.491 e. The zero-order valence-corrected chi connectivity index (χ0v) is 10.3. The lowest BCUT2D eigenvalue weighted by Crippen LogP contribution is -2.22. The van der Waals surface area contributed by atoms with Gasteiger partial charge in [-0.05, 0) is 30.9 Å². The molecule has 1 atom stereocenters. The van der Waals surface area contributed by atoms with E-state index in [1.165, 1.54) is 6.42 Å². The molecule has 1 nitrogen and oxygen atoms in total. The minimum absolute atomic E-state index is 0.280. The van der Waals surface area contributed by atoms with Crippen molar-refractivity contribution in [3.05, 3.63) is 30.3 Å². The second-order valence-corrected chi connectivity index (χ2v) is 4.96. The maximum Gasteiger partial charge on any atom is 0.119 e. The monoisotopic (exact) mass is 206 g/mol. The fraction of sp³-hybridized carbons (Fsp3) is 0.571. The van der Waals surface area contributed by atoms with Crippen LogP contribution < -0.4 is 4.74 Å². The first-order valence-electron chi connectivity index (χ1n) is 5.75. The van der Waals surface area contributed by atoms with Gasteiger partial charge in [-0.2, -0.15) is 0 Å². The molecule has 0 bridgehead atoms. The van der Waals surface area contributed by atoms with Gasteiger partial charge in [0.15, 0.2) is 0 Å². The summed E-state index contributed by atoms with van der Waals surface area (Å²) in [5.74, 6) is 0.969. The Bertz CT molecular complexity index is 277. The fourth-order valence-electron chi connectivity index (χ4n) is 1.70. The minimum Gasteiger partial charge on any atom is -0.491 e. The predicted octanol–water partition coefficient (Wildman–Crippen LogP) is 4.28. The zero-order valence-electron chi connectivity index (χ0n) is 10.3. The number of hydrogen-bond acceptors (Lipinski definition) is 1. The molecule has 1 unspecified atom stereocenters. The summed E-state index contributed by atoms with van der Waals surface area (Å²) in [6.45, 7) is 8.95. The number of ether oxygens (including phenoxy) is 1. The van der Waals surface area contributed by atoms with E-state index < -0.39 is 0 Å². The lowest BCUT2D eigenvalue weighted by Gasteiger charge is -2.27. The molecule has 1 rings (SSSR count). The van der Waals surface area contributed by atoms with Gasteiger partial charge < -0.3 is 4.74 Å². The van der Waals surface area contributed by atoms with E-state index in [-0.39, 0.29) is 6.10 Å². The van der Waals surface area contributed by atoms with Gasteiger partial charge >= 0.3 is 0 Å². The highest BCUT2D eigenvalue weighted by molar-refractivity contribution is 5.21. The lowest BCUT2D eigenvalue weighted by atomic mass is 9.84. The summed E-state index contributed by atoms with van der Waals surface area (Å²) in [5.41, 5.74) is 0.369. The van der Waals surface area contributed by atoms with Crippen LogP contribution in [0.4, 0.5) is 0 Å². The Morgan fingerprint density at radius 2 is 1.80 bits per heavy atom. The molecule has 1 heteroatoms. The van der Waals surface area contributed by atoms with Crippen LogP contribution in [-0.4, -0.2) is 6.10 Å². The van der Waals surface area contributed by atoms with Crippen molar-refractivity contribution >= 4 is 0 Å². The van der Waals surface area contributed by atoms with E-state index >= 15 is 0 Å². The highest BCUT2D eigenvalue weighted by Crippen LogP contribution is 2.27. The van der Waals surface area contributed by atoms with E-state index in [2.05, 4.69) is 27.7 Å². The molecule has 0 saturated carbocycles. The highest BCUT2D eigenvalue weighted by atomic mass is 16.5. The van der Waals surface area contributed by atoms with Gasteiger partial charge in [-0.3, -0.25) is 0 Å². The van der Waals surface area contributed by atoms with E-state index in [9.17, 15) is 0 Å². The van der Waals surface area contributed by atoms with Gasteiger partial charge in [0.1, 0.15) is 5.75 Å². The first kappa shape index (κ1) is 12.1. The molecule has 0 aromatic heterocycles. The van der Waals surface area contributed by atoms with Crippen molar-refractivity contribution in [1.82, 2.24) is 0 Å². The summed E-state index contributed by atoms with van der Waals surface area (Å²) >= 11 is 0. The maximum atomic E-state index is 5.85. The second kappa shape index (κ2) is 5.20. The molecule has 1 aromatic carbocycles. The first-order valence-corrected chi connectivity index (χ1v) is 5.75. The standard InChI is InChI=1S/C14H22O/c1-5-14(3,4)11-12(2)15-13-9-7-6-8-10-13/h6-10,12H,5,11H2,1-4H3. The van der Waals surface area contributed by atoms with Crippen LogP contribution in [0.15, 0.2) is 30.3 Å². The topological polar surface area (TPSA) is 9.23 Å². The maximum absolute atomic E-state index is 5.85. The van der Waals surface area contributed by atoms with Gasteiger partial charge in [-0.1, -0.05) is 45.4 Å². The molecule has 0 spiro atoms. The van der Waals surface area contributed by atoms with E-state index in [0.717, 1.165) is 12.2 Å². The van der Waals surface area contributed by atoms with Gasteiger partial charge in [0, 0.05) is 0 Å². The fourth-order valence-corrected chi connectivity index (χ4v) is 1.70. The van der Waals surface area contributed by atoms with Crippen LogP contribution in [0.1, 0.15) is 40.5 Å². The minimum atomic E-state index is 0.280. The number of para-hydroxylation sites is 1. The Balaban J connectivity index is 2.46. The Kier molecular flexibility index (Phi) is 4.19. The van der Waals surface area contributed by atoms with Crippen molar-refractivity contribution in [3.8, 4) is 5.75 Å². The van der Waals surface area contributed by atoms with Crippen molar-refractivity contribution < 1.29 is 4.74 Å². The summed E-state index contributed by atoms with van der Waals surface area (Å²) in [5, 5.41) is 0. The SMILES string of the molecule is CCC(C)(C)CC(C)Oc1ccccc1. The smallest absolute Gasteiger partial charge is 0.119 e. The summed E-state index contributed by atoms with van der Waals surface area (Å²) in [7, 11) is 0. The third kappa shape index (κ3) is 4.37. The molecular formula is C14H22O. The van der Waals surface area contributed by atoms with Crippen LogP contribution in [0, 0.1) is 5.41 Å². The second-order valence-electron chi connectivity index (χ2n) is 4.96. The van der Waals surface area contributed by atoms with Crippen LogP contribution in [0.2, 0.25) is 0 Å².